The third-order valence-electron chi connectivity index (χ3n) is 5.72. The van der Waals surface area contributed by atoms with Gasteiger partial charge in [-0.2, -0.15) is 5.10 Å². The normalized spacial score (nSPS) is 11.4. The summed E-state index contributed by atoms with van der Waals surface area (Å²) in [4.78, 5) is 27.8. The Labute approximate surface area is 218 Å². The summed E-state index contributed by atoms with van der Waals surface area (Å²) < 4.78 is 12.9. The van der Waals surface area contributed by atoms with Crippen LogP contribution >= 0.6 is 27.5 Å². The number of ether oxygens (including phenoxy) is 2. The molecule has 0 aliphatic carbocycles. The van der Waals surface area contributed by atoms with Gasteiger partial charge in [0.1, 0.15) is 11.6 Å². The molecule has 5 aromatic rings. The molecule has 5 rings (SSSR count). The molecule has 9 heteroatoms. The molecule has 4 aromatic carbocycles. The van der Waals surface area contributed by atoms with Crippen molar-refractivity contribution in [3.05, 3.63) is 114 Å². The second-order valence-electron chi connectivity index (χ2n) is 7.89. The van der Waals surface area contributed by atoms with Gasteiger partial charge < -0.3 is 14.5 Å². The van der Waals surface area contributed by atoms with E-state index in [9.17, 15) is 9.59 Å². The molecule has 1 N–H and O–H groups in total. The fraction of sp³-hybridized carbons (Fsp3) is 0.0741. The van der Waals surface area contributed by atoms with Crippen LogP contribution in [0.15, 0.2) is 92.0 Å². The van der Waals surface area contributed by atoms with Crippen LogP contribution in [-0.4, -0.2) is 23.0 Å². The maximum absolute atomic E-state index is 12.8. The molecular formula is C27H19BrClN3O4. The first-order valence-electron chi connectivity index (χ1n) is 10.9. The Hall–Kier alpha value is -3.88. The van der Waals surface area contributed by atoms with Crippen molar-refractivity contribution < 1.29 is 9.47 Å². The molecule has 0 bridgehead atoms. The highest BCUT2D eigenvalue weighted by Gasteiger charge is 2.18. The number of nitrogens with zero attached hydrogens (tertiary/aromatic N) is 2. The average Bonchev–Trinajstić information content (AvgIpc) is 2.90. The van der Waals surface area contributed by atoms with E-state index in [-0.39, 0.29) is 11.6 Å². The molecule has 0 saturated heterocycles. The summed E-state index contributed by atoms with van der Waals surface area (Å²) in [6.07, 6.45) is 1.36. The highest BCUT2D eigenvalue weighted by Crippen LogP contribution is 2.42. The van der Waals surface area contributed by atoms with Crippen molar-refractivity contribution >= 4 is 55.4 Å². The van der Waals surface area contributed by atoms with E-state index in [0.29, 0.717) is 32.4 Å². The molecule has 0 atom stereocenters. The van der Waals surface area contributed by atoms with Crippen molar-refractivity contribution in [3.8, 4) is 11.5 Å². The van der Waals surface area contributed by atoms with Crippen molar-refractivity contribution in [3.63, 3.8) is 0 Å². The largest absolute Gasteiger partial charge is 0.493 e. The summed E-state index contributed by atoms with van der Waals surface area (Å²) in [5.74, 6) is 0.737. The molecule has 0 aliphatic rings. The summed E-state index contributed by atoms with van der Waals surface area (Å²) in [5.41, 5.74) is 0.753. The maximum Gasteiger partial charge on any atom is 0.349 e. The summed E-state index contributed by atoms with van der Waals surface area (Å²) in [6, 6.07) is 22.5. The van der Waals surface area contributed by atoms with E-state index in [0.717, 1.165) is 21.0 Å². The molecule has 0 saturated carbocycles. The van der Waals surface area contributed by atoms with E-state index in [4.69, 9.17) is 21.1 Å². The van der Waals surface area contributed by atoms with E-state index in [1.807, 2.05) is 42.5 Å². The van der Waals surface area contributed by atoms with Crippen molar-refractivity contribution in [2.24, 2.45) is 5.10 Å². The van der Waals surface area contributed by atoms with E-state index in [2.05, 4.69) is 26.0 Å². The highest BCUT2D eigenvalue weighted by molar-refractivity contribution is 9.10. The number of methoxy groups -OCH3 is 1. The Kier molecular flexibility index (Phi) is 6.63. The zero-order valence-corrected chi connectivity index (χ0v) is 21.3. The van der Waals surface area contributed by atoms with Gasteiger partial charge in [0.15, 0.2) is 11.5 Å². The Morgan fingerprint density at radius 2 is 1.75 bits per heavy atom. The molecule has 1 heterocycles. The SMILES string of the molecule is COc1cc(C=Nn2c(=O)[nH]c3ccccc3c2=O)c(Br)c(Cl)c1OCc1cccc2ccccc12. The monoisotopic (exact) mass is 563 g/mol. The number of benzene rings is 4. The van der Waals surface area contributed by atoms with Gasteiger partial charge in [-0.25, -0.2) is 4.79 Å². The van der Waals surface area contributed by atoms with Crippen LogP contribution < -0.4 is 20.7 Å². The van der Waals surface area contributed by atoms with Crippen molar-refractivity contribution in [1.82, 2.24) is 9.66 Å². The highest BCUT2D eigenvalue weighted by atomic mass is 79.9. The minimum Gasteiger partial charge on any atom is -0.493 e. The quantitative estimate of drug-likeness (QED) is 0.267. The maximum atomic E-state index is 12.8. The van der Waals surface area contributed by atoms with Gasteiger partial charge in [-0.3, -0.25) is 4.79 Å². The Bertz CT molecular complexity index is 1760. The van der Waals surface area contributed by atoms with Crippen LogP contribution in [-0.2, 0) is 6.61 Å². The number of hydrogen-bond donors (Lipinski definition) is 1. The molecule has 180 valence electrons. The standard InChI is InChI=1S/C27H19BrClN3O4/c1-35-22-13-18(14-30-32-26(33)20-11-4-5-12-21(20)31-27(32)34)23(28)24(29)25(22)36-15-17-9-6-8-16-7-2-3-10-19(16)17/h2-14H,15H2,1H3,(H,31,34). The molecule has 0 amide bonds. The van der Waals surface area contributed by atoms with Crippen molar-refractivity contribution in [2.45, 2.75) is 6.61 Å². The number of rotatable bonds is 6. The lowest BCUT2D eigenvalue weighted by atomic mass is 10.1. The van der Waals surface area contributed by atoms with Crippen LogP contribution in [0.2, 0.25) is 5.02 Å². The van der Waals surface area contributed by atoms with Gasteiger partial charge >= 0.3 is 5.69 Å². The van der Waals surface area contributed by atoms with E-state index < -0.39 is 11.2 Å². The molecular weight excluding hydrogens is 546 g/mol. The molecule has 1 aromatic heterocycles. The Morgan fingerprint density at radius 3 is 2.56 bits per heavy atom. The number of halogens is 2. The minimum atomic E-state index is -0.654. The molecule has 36 heavy (non-hydrogen) atoms. The Balaban J connectivity index is 1.49. The zero-order valence-electron chi connectivity index (χ0n) is 19.0. The second kappa shape index (κ2) is 10.0. The molecule has 0 unspecified atom stereocenters. The topological polar surface area (TPSA) is 85.7 Å². The molecule has 0 fully saturated rings. The summed E-state index contributed by atoms with van der Waals surface area (Å²) >= 11 is 10.1. The summed E-state index contributed by atoms with van der Waals surface area (Å²) in [6.45, 7) is 0.277. The number of nitrogens with one attached hydrogen (secondary N) is 1. The van der Waals surface area contributed by atoms with E-state index >= 15 is 0 Å². The van der Waals surface area contributed by atoms with Gasteiger partial charge in [0.25, 0.3) is 5.56 Å². The van der Waals surface area contributed by atoms with Gasteiger partial charge in [0, 0.05) is 10.0 Å². The third-order valence-corrected chi connectivity index (χ3v) is 7.17. The van der Waals surface area contributed by atoms with E-state index in [1.54, 1.807) is 30.3 Å². The first kappa shape index (κ1) is 23.8. The molecule has 0 aliphatic heterocycles. The number of aromatic nitrogens is 2. The summed E-state index contributed by atoms with van der Waals surface area (Å²) in [5, 5.41) is 6.93. The predicted molar refractivity (Wildman–Crippen MR) is 146 cm³/mol. The van der Waals surface area contributed by atoms with Gasteiger partial charge in [0.2, 0.25) is 0 Å². The van der Waals surface area contributed by atoms with Crippen LogP contribution in [0.5, 0.6) is 11.5 Å². The molecule has 7 nitrogen and oxygen atoms in total. The molecule has 0 spiro atoms. The average molecular weight is 565 g/mol. The lowest BCUT2D eigenvalue weighted by Crippen LogP contribution is -2.32. The lowest BCUT2D eigenvalue weighted by Gasteiger charge is -2.16. The van der Waals surface area contributed by atoms with Gasteiger partial charge in [-0.1, -0.05) is 66.2 Å². The number of H-pyrrole nitrogens is 1. The minimum absolute atomic E-state index is 0.274. The van der Waals surface area contributed by atoms with Crippen LogP contribution in [0, 0.1) is 0 Å². The van der Waals surface area contributed by atoms with Gasteiger partial charge in [-0.15, -0.1) is 4.68 Å². The third kappa shape index (κ3) is 4.41. The van der Waals surface area contributed by atoms with Crippen LogP contribution in [0.3, 0.4) is 0 Å². The number of para-hydroxylation sites is 1. The summed E-state index contributed by atoms with van der Waals surface area (Å²) in [7, 11) is 1.50. The van der Waals surface area contributed by atoms with Crippen molar-refractivity contribution in [1.29, 1.82) is 0 Å². The number of aromatic amines is 1. The second-order valence-corrected chi connectivity index (χ2v) is 9.06. The van der Waals surface area contributed by atoms with Crippen molar-refractivity contribution in [2.75, 3.05) is 7.11 Å². The first-order valence-corrected chi connectivity index (χ1v) is 12.1. The fourth-order valence-corrected chi connectivity index (χ4v) is 4.58. The first-order chi connectivity index (χ1) is 17.5. The lowest BCUT2D eigenvalue weighted by molar-refractivity contribution is 0.285. The van der Waals surface area contributed by atoms with Crippen LogP contribution in [0.25, 0.3) is 21.7 Å². The van der Waals surface area contributed by atoms with E-state index in [1.165, 1.54) is 13.3 Å². The van der Waals surface area contributed by atoms with Crippen LogP contribution in [0.4, 0.5) is 0 Å². The predicted octanol–water partition coefficient (Wildman–Crippen LogP) is 5.73. The Morgan fingerprint density at radius 1 is 1.03 bits per heavy atom. The van der Waals surface area contributed by atoms with Crippen LogP contribution in [0.1, 0.15) is 11.1 Å². The zero-order chi connectivity index (χ0) is 25.2. The van der Waals surface area contributed by atoms with Gasteiger partial charge in [0.05, 0.1) is 24.2 Å². The number of hydrogen-bond acceptors (Lipinski definition) is 5. The number of fused-ring (bicyclic) bond motifs is 2. The van der Waals surface area contributed by atoms with Gasteiger partial charge in [-0.05, 0) is 50.5 Å². The smallest absolute Gasteiger partial charge is 0.349 e. The molecule has 0 radical (unpaired) electrons. The fourth-order valence-electron chi connectivity index (χ4n) is 3.93.